The highest BCUT2D eigenvalue weighted by Gasteiger charge is 2.40. The van der Waals surface area contributed by atoms with Crippen molar-refractivity contribution in [3.8, 4) is 23.3 Å². The number of halogens is 1. The van der Waals surface area contributed by atoms with Gasteiger partial charge < -0.3 is 19.3 Å². The van der Waals surface area contributed by atoms with E-state index < -0.39 is 42.7 Å². The third-order valence-electron chi connectivity index (χ3n) is 11.9. The minimum Gasteiger partial charge on any atom is -0.439 e. The molecule has 0 spiro atoms. The van der Waals surface area contributed by atoms with E-state index in [4.69, 9.17) is 9.47 Å². The number of carbonyl (C=O) groups excluding carboxylic acids is 2. The number of nitrogens with zero attached hydrogens (tertiary/aromatic N) is 7. The van der Waals surface area contributed by atoms with Crippen molar-refractivity contribution in [2.75, 3.05) is 22.9 Å². The Labute approximate surface area is 411 Å². The van der Waals surface area contributed by atoms with Gasteiger partial charge in [-0.15, -0.1) is 0 Å². The highest BCUT2D eigenvalue weighted by molar-refractivity contribution is 7.90. The maximum Gasteiger partial charge on any atom is 0.281 e. The molecule has 2 atom stereocenters. The molecule has 2 aliphatic rings. The van der Waals surface area contributed by atoms with Gasteiger partial charge in [0.25, 0.3) is 31.9 Å². The molecule has 5 aromatic heterocycles. The summed E-state index contributed by atoms with van der Waals surface area (Å²) in [4.78, 5) is 51.6. The average Bonchev–Trinajstić information content (AvgIpc) is 3.78. The molecule has 2 saturated heterocycles. The number of rotatable bonds is 12. The van der Waals surface area contributed by atoms with Crippen molar-refractivity contribution in [1.29, 1.82) is 0 Å². The van der Waals surface area contributed by atoms with Crippen LogP contribution >= 0.6 is 0 Å². The third-order valence-corrected chi connectivity index (χ3v) is 14.4. The fourth-order valence-corrected chi connectivity index (χ4v) is 10.9. The molecule has 2 unspecified atom stereocenters. The summed E-state index contributed by atoms with van der Waals surface area (Å²) < 4.78 is 81.1. The lowest BCUT2D eigenvalue weighted by Crippen LogP contribution is -2.41. The number of amides is 2. The second-order valence-corrected chi connectivity index (χ2v) is 22.0. The number of para-hydroxylation sites is 1. The van der Waals surface area contributed by atoms with Crippen LogP contribution in [0.4, 0.5) is 16.0 Å². The van der Waals surface area contributed by atoms with E-state index in [0.29, 0.717) is 41.3 Å². The number of ether oxygens (including phenoxy) is 2. The van der Waals surface area contributed by atoms with Gasteiger partial charge in [-0.3, -0.25) is 14.6 Å². The molecule has 0 bridgehead atoms. The summed E-state index contributed by atoms with van der Waals surface area (Å²) in [6.07, 6.45) is 6.69. The van der Waals surface area contributed by atoms with Gasteiger partial charge in [0.15, 0.2) is 15.8 Å². The van der Waals surface area contributed by atoms with E-state index in [1.807, 2.05) is 29.2 Å². The van der Waals surface area contributed by atoms with E-state index in [1.54, 1.807) is 55.0 Å². The molecule has 2 aromatic carbocycles. The van der Waals surface area contributed by atoms with E-state index in [0.717, 1.165) is 30.8 Å². The van der Waals surface area contributed by atoms with E-state index in [1.165, 1.54) is 48.5 Å². The Bertz CT molecular complexity index is 3360. The number of aromatic nitrogens is 5. The number of hydrogen-bond donors (Lipinski definition) is 2. The van der Waals surface area contributed by atoms with Crippen LogP contribution in [0.25, 0.3) is 10.9 Å². The van der Waals surface area contributed by atoms with Crippen LogP contribution in [-0.4, -0.2) is 77.7 Å². The Morgan fingerprint density at radius 2 is 1.07 bits per heavy atom. The number of hydrogen-bond acceptors (Lipinski definition) is 15. The lowest BCUT2D eigenvalue weighted by atomic mass is 9.97. The first-order chi connectivity index (χ1) is 33.7. The molecular formula is C51H52FN9O8S2. The van der Waals surface area contributed by atoms with Crippen molar-refractivity contribution in [1.82, 2.24) is 34.4 Å². The van der Waals surface area contributed by atoms with Crippen LogP contribution < -0.4 is 28.7 Å². The molecule has 368 valence electrons. The predicted octanol–water partition coefficient (Wildman–Crippen LogP) is 8.71. The number of sulfonamides is 2. The zero-order valence-electron chi connectivity index (χ0n) is 39.8. The highest BCUT2D eigenvalue weighted by Crippen LogP contribution is 2.39. The Hall–Kier alpha value is -7.58. The van der Waals surface area contributed by atoms with E-state index in [-0.39, 0.29) is 44.7 Å². The minimum absolute atomic E-state index is 0.0587. The lowest BCUT2D eigenvalue weighted by molar-refractivity contribution is 0.0972. The summed E-state index contributed by atoms with van der Waals surface area (Å²) in [6, 6.07) is 29.3. The monoisotopic (exact) mass is 1000 g/mol. The fourth-order valence-electron chi connectivity index (χ4n) is 9.08. The average molecular weight is 1000 g/mol. The van der Waals surface area contributed by atoms with Crippen LogP contribution in [0, 0.1) is 17.7 Å². The van der Waals surface area contributed by atoms with Gasteiger partial charge in [0, 0.05) is 66.3 Å². The summed E-state index contributed by atoms with van der Waals surface area (Å²) in [5, 5.41) is 0.126. The Kier molecular flexibility index (Phi) is 14.1. The van der Waals surface area contributed by atoms with Crippen molar-refractivity contribution in [3.63, 3.8) is 0 Å². The number of benzene rings is 2. The molecule has 7 heterocycles. The standard InChI is InChI=1S/C27H27N5O4S.C24H25FN4O4S/c1-18-16-27(2,3)32(17-18)25-20(10-7-15-29-25)26(33)31-37(34,35)23-13-5-12-22(30-23)36-21-11-4-8-19-9-6-14-28-24(19)21;1-16-14-24(2,3)29(15-16)22-19(9-6-12-26-22)23(30)28-34(31,32)21-11-5-10-20(27-21)33-18-8-4-7-17(25)13-18/h4-15,18H,16-17H2,1-3H3,(H,31,33);4-13,16H,14-15H2,1-3H3,(H,28,30). The van der Waals surface area contributed by atoms with Gasteiger partial charge in [-0.05, 0) is 113 Å². The van der Waals surface area contributed by atoms with Gasteiger partial charge in [-0.25, -0.2) is 23.8 Å². The largest absolute Gasteiger partial charge is 0.439 e. The van der Waals surface area contributed by atoms with Gasteiger partial charge >= 0.3 is 0 Å². The van der Waals surface area contributed by atoms with Crippen LogP contribution in [0.5, 0.6) is 23.3 Å². The number of carbonyl (C=O) groups is 2. The van der Waals surface area contributed by atoms with E-state index in [2.05, 4.69) is 80.8 Å². The molecule has 17 nitrogen and oxygen atoms in total. The van der Waals surface area contributed by atoms with Crippen molar-refractivity contribution in [3.05, 3.63) is 151 Å². The first kappa shape index (κ1) is 49.8. The smallest absolute Gasteiger partial charge is 0.281 e. The van der Waals surface area contributed by atoms with Crippen LogP contribution in [0.1, 0.15) is 75.1 Å². The topological polar surface area (TPSA) is 216 Å². The molecule has 71 heavy (non-hydrogen) atoms. The van der Waals surface area contributed by atoms with Crippen LogP contribution in [-0.2, 0) is 20.0 Å². The number of anilines is 2. The van der Waals surface area contributed by atoms with E-state index in [9.17, 15) is 30.8 Å². The molecule has 9 rings (SSSR count). The highest BCUT2D eigenvalue weighted by atomic mass is 32.2. The van der Waals surface area contributed by atoms with Gasteiger partial charge in [-0.2, -0.15) is 26.8 Å². The Morgan fingerprint density at radius 3 is 1.58 bits per heavy atom. The van der Waals surface area contributed by atoms with Gasteiger partial charge in [0.05, 0.1) is 11.1 Å². The van der Waals surface area contributed by atoms with Crippen LogP contribution in [0.3, 0.4) is 0 Å². The summed E-state index contributed by atoms with van der Waals surface area (Å²) in [7, 11) is -8.62. The molecular weight excluding hydrogens is 950 g/mol. The molecule has 20 heteroatoms. The Morgan fingerprint density at radius 1 is 0.606 bits per heavy atom. The van der Waals surface area contributed by atoms with Crippen molar-refractivity contribution < 1.29 is 40.3 Å². The lowest BCUT2D eigenvalue weighted by Gasteiger charge is -2.33. The minimum atomic E-state index is -4.32. The second-order valence-electron chi connectivity index (χ2n) is 18.7. The van der Waals surface area contributed by atoms with E-state index >= 15 is 0 Å². The molecule has 2 amide bonds. The fraction of sp³-hybridized carbons (Fsp3) is 0.275. The van der Waals surface area contributed by atoms with Crippen molar-refractivity contribution >= 4 is 54.4 Å². The maximum atomic E-state index is 13.4. The first-order valence-corrected chi connectivity index (χ1v) is 25.6. The quantitative estimate of drug-likeness (QED) is 0.117. The third kappa shape index (κ3) is 11.4. The zero-order chi connectivity index (χ0) is 50.7. The predicted molar refractivity (Wildman–Crippen MR) is 265 cm³/mol. The summed E-state index contributed by atoms with van der Waals surface area (Å²) in [6.45, 7) is 14.0. The van der Waals surface area contributed by atoms with Crippen LogP contribution in [0.15, 0.2) is 144 Å². The molecule has 0 saturated carbocycles. The van der Waals surface area contributed by atoms with Crippen molar-refractivity contribution in [2.24, 2.45) is 11.8 Å². The number of fused-ring (bicyclic) bond motifs is 1. The van der Waals surface area contributed by atoms with Crippen LogP contribution in [0.2, 0.25) is 0 Å². The molecule has 2 aliphatic heterocycles. The number of pyridine rings is 5. The zero-order valence-corrected chi connectivity index (χ0v) is 41.4. The summed E-state index contributed by atoms with van der Waals surface area (Å²) >= 11 is 0. The maximum absolute atomic E-state index is 13.4. The molecule has 0 radical (unpaired) electrons. The van der Waals surface area contributed by atoms with Gasteiger partial charge in [0.2, 0.25) is 11.8 Å². The SMILES string of the molecule is CC1CN(c2ncccc2C(=O)NS(=O)(=O)c2cccc(Oc3cccc(F)c3)n2)C(C)(C)C1.CC1CN(c2ncccc2C(=O)NS(=O)(=O)c2cccc(Oc3cccc4cccnc34)n2)C(C)(C)C1. The molecule has 2 fully saturated rings. The molecule has 7 aromatic rings. The summed E-state index contributed by atoms with van der Waals surface area (Å²) in [5.74, 6) is 0.221. The summed E-state index contributed by atoms with van der Waals surface area (Å²) in [5.41, 5.74) is 0.511. The Balaban J connectivity index is 0.000000191. The van der Waals surface area contributed by atoms with Crippen molar-refractivity contribution in [2.45, 2.75) is 75.5 Å². The molecule has 0 aliphatic carbocycles. The molecule has 2 N–H and O–H groups in total. The van der Waals surface area contributed by atoms with Gasteiger partial charge in [0.1, 0.15) is 28.7 Å². The normalized spacial score (nSPS) is 17.2. The second kappa shape index (κ2) is 20.0. The van der Waals surface area contributed by atoms with Gasteiger partial charge in [-0.1, -0.05) is 50.2 Å². The number of nitrogens with one attached hydrogen (secondary N) is 2. The first-order valence-electron chi connectivity index (χ1n) is 22.7.